The molecule has 0 radical (unpaired) electrons. The fraction of sp³-hybridized carbons (Fsp3) is 0.318. The zero-order valence-electron chi connectivity index (χ0n) is 17.0. The summed E-state index contributed by atoms with van der Waals surface area (Å²) in [6.07, 6.45) is -1.98. The monoisotopic (exact) mass is 443 g/mol. The van der Waals surface area contributed by atoms with Gasteiger partial charge in [-0.15, -0.1) is 0 Å². The Morgan fingerprint density at radius 3 is 2.56 bits per heavy atom. The lowest BCUT2D eigenvalue weighted by Gasteiger charge is -2.34. The van der Waals surface area contributed by atoms with Crippen LogP contribution >= 0.6 is 0 Å². The molecule has 0 bridgehead atoms. The van der Waals surface area contributed by atoms with Crippen molar-refractivity contribution >= 4 is 27.6 Å². The maximum atomic E-state index is 12.9. The minimum absolute atomic E-state index is 0.184. The third-order valence-electron chi connectivity index (χ3n) is 5.84. The van der Waals surface area contributed by atoms with Crippen LogP contribution in [0.2, 0.25) is 0 Å². The standard InChI is InChI=1S/C22H20F3N5O2/c23-22(24,25)19-13-15-5-6-30(21(31)17(15)14-26-19)12-9-28-7-10-29(11-8-28)20-16-3-1-2-4-18(16)32-27-20/h1-6,13-14H,7-12H2. The van der Waals surface area contributed by atoms with Crippen LogP contribution in [-0.2, 0) is 12.7 Å². The second-order valence-electron chi connectivity index (χ2n) is 7.80. The Bertz CT molecular complexity index is 1320. The molecular weight excluding hydrogens is 423 g/mol. The summed E-state index contributed by atoms with van der Waals surface area (Å²) in [7, 11) is 0. The largest absolute Gasteiger partial charge is 0.433 e. The number of fused-ring (bicyclic) bond motifs is 2. The highest BCUT2D eigenvalue weighted by atomic mass is 19.4. The average Bonchev–Trinajstić information content (AvgIpc) is 3.22. The van der Waals surface area contributed by atoms with Crippen molar-refractivity contribution in [2.24, 2.45) is 0 Å². The van der Waals surface area contributed by atoms with Crippen LogP contribution in [-0.4, -0.2) is 52.3 Å². The molecule has 0 aliphatic carbocycles. The molecule has 0 unspecified atom stereocenters. The van der Waals surface area contributed by atoms with Gasteiger partial charge in [-0.05, 0) is 29.7 Å². The van der Waals surface area contributed by atoms with E-state index in [1.165, 1.54) is 10.6 Å². The number of halogens is 3. The van der Waals surface area contributed by atoms with Gasteiger partial charge in [0, 0.05) is 51.7 Å². The summed E-state index contributed by atoms with van der Waals surface area (Å²) in [6, 6.07) is 10.2. The Labute approximate surface area is 180 Å². The van der Waals surface area contributed by atoms with Gasteiger partial charge in [0.1, 0.15) is 5.69 Å². The molecule has 1 aliphatic heterocycles. The summed E-state index contributed by atoms with van der Waals surface area (Å²) >= 11 is 0. The second-order valence-corrected chi connectivity index (χ2v) is 7.80. The number of benzene rings is 1. The molecule has 1 aliphatic rings. The fourth-order valence-corrected chi connectivity index (χ4v) is 4.04. The maximum Gasteiger partial charge on any atom is 0.433 e. The number of rotatable bonds is 4. The Balaban J connectivity index is 1.24. The van der Waals surface area contributed by atoms with Gasteiger partial charge in [0.25, 0.3) is 5.56 Å². The zero-order valence-corrected chi connectivity index (χ0v) is 17.0. The van der Waals surface area contributed by atoms with Crippen LogP contribution in [0.15, 0.2) is 58.1 Å². The van der Waals surface area contributed by atoms with E-state index in [4.69, 9.17) is 4.52 Å². The molecule has 3 aromatic heterocycles. The average molecular weight is 443 g/mol. The minimum atomic E-state index is -4.54. The normalized spacial score (nSPS) is 15.7. The lowest BCUT2D eigenvalue weighted by molar-refractivity contribution is -0.141. The first-order chi connectivity index (χ1) is 15.4. The van der Waals surface area contributed by atoms with Crippen molar-refractivity contribution in [2.75, 3.05) is 37.6 Å². The first-order valence-corrected chi connectivity index (χ1v) is 10.3. The first-order valence-electron chi connectivity index (χ1n) is 10.3. The van der Waals surface area contributed by atoms with E-state index in [0.717, 1.165) is 55.2 Å². The van der Waals surface area contributed by atoms with Gasteiger partial charge in [-0.3, -0.25) is 14.7 Å². The fourth-order valence-electron chi connectivity index (χ4n) is 4.04. The Kier molecular flexibility index (Phi) is 5.09. The zero-order chi connectivity index (χ0) is 22.3. The van der Waals surface area contributed by atoms with Crippen molar-refractivity contribution in [1.82, 2.24) is 19.6 Å². The van der Waals surface area contributed by atoms with Crippen LogP contribution in [0.5, 0.6) is 0 Å². The smallest absolute Gasteiger partial charge is 0.354 e. The van der Waals surface area contributed by atoms with Gasteiger partial charge in [-0.2, -0.15) is 13.2 Å². The summed E-state index contributed by atoms with van der Waals surface area (Å²) in [5.74, 6) is 0.844. The Hall–Kier alpha value is -3.40. The van der Waals surface area contributed by atoms with E-state index >= 15 is 0 Å². The van der Waals surface area contributed by atoms with Crippen LogP contribution in [0.25, 0.3) is 21.7 Å². The number of alkyl halides is 3. The molecule has 0 N–H and O–H groups in total. The van der Waals surface area contributed by atoms with Gasteiger partial charge in [-0.25, -0.2) is 0 Å². The van der Waals surface area contributed by atoms with E-state index in [9.17, 15) is 18.0 Å². The van der Waals surface area contributed by atoms with Gasteiger partial charge in [-0.1, -0.05) is 17.3 Å². The number of nitrogens with zero attached hydrogens (tertiary/aromatic N) is 5. The van der Waals surface area contributed by atoms with E-state index < -0.39 is 11.9 Å². The van der Waals surface area contributed by atoms with Crippen molar-refractivity contribution < 1.29 is 17.7 Å². The Morgan fingerprint density at radius 1 is 1.00 bits per heavy atom. The molecule has 1 saturated heterocycles. The van der Waals surface area contributed by atoms with Gasteiger partial charge in [0.15, 0.2) is 11.4 Å². The highest BCUT2D eigenvalue weighted by Gasteiger charge is 2.32. The van der Waals surface area contributed by atoms with Crippen LogP contribution in [0.1, 0.15) is 5.69 Å². The van der Waals surface area contributed by atoms with E-state index in [1.807, 2.05) is 24.3 Å². The lowest BCUT2D eigenvalue weighted by atomic mass is 10.2. The summed E-state index contributed by atoms with van der Waals surface area (Å²) in [6.45, 7) is 4.29. The number of pyridine rings is 2. The highest BCUT2D eigenvalue weighted by Crippen LogP contribution is 2.29. The molecule has 166 valence electrons. The number of hydrogen-bond acceptors (Lipinski definition) is 6. The molecule has 32 heavy (non-hydrogen) atoms. The van der Waals surface area contributed by atoms with Crippen molar-refractivity contribution in [1.29, 1.82) is 0 Å². The van der Waals surface area contributed by atoms with Crippen molar-refractivity contribution in [3.05, 3.63) is 64.8 Å². The molecule has 1 fully saturated rings. The highest BCUT2D eigenvalue weighted by molar-refractivity contribution is 5.88. The quantitative estimate of drug-likeness (QED) is 0.482. The van der Waals surface area contributed by atoms with E-state index in [2.05, 4.69) is 19.9 Å². The van der Waals surface area contributed by atoms with Crippen molar-refractivity contribution in [3.8, 4) is 0 Å². The molecule has 10 heteroatoms. The number of para-hydroxylation sites is 1. The van der Waals surface area contributed by atoms with E-state index in [0.29, 0.717) is 13.1 Å². The maximum absolute atomic E-state index is 12.9. The first kappa shape index (κ1) is 20.5. The van der Waals surface area contributed by atoms with Crippen LogP contribution in [0.3, 0.4) is 0 Å². The van der Waals surface area contributed by atoms with Crippen molar-refractivity contribution in [2.45, 2.75) is 12.7 Å². The molecular formula is C22H20F3N5O2. The van der Waals surface area contributed by atoms with Gasteiger partial charge < -0.3 is 14.0 Å². The molecule has 4 heterocycles. The summed E-state index contributed by atoms with van der Waals surface area (Å²) < 4.78 is 45.5. The van der Waals surface area contributed by atoms with Crippen LogP contribution in [0, 0.1) is 0 Å². The lowest BCUT2D eigenvalue weighted by Crippen LogP contribution is -2.47. The molecule has 7 nitrogen and oxygen atoms in total. The van der Waals surface area contributed by atoms with Gasteiger partial charge in [0.2, 0.25) is 0 Å². The molecule has 1 aromatic carbocycles. The number of piperazine rings is 1. The summed E-state index contributed by atoms with van der Waals surface area (Å²) in [5.41, 5.74) is -0.575. The predicted molar refractivity (Wildman–Crippen MR) is 114 cm³/mol. The molecule has 0 amide bonds. The molecule has 0 spiro atoms. The third-order valence-corrected chi connectivity index (χ3v) is 5.84. The molecule has 5 rings (SSSR count). The number of hydrogen-bond donors (Lipinski definition) is 0. The number of anilines is 1. The van der Waals surface area contributed by atoms with Crippen LogP contribution < -0.4 is 10.5 Å². The summed E-state index contributed by atoms with van der Waals surface area (Å²) in [4.78, 5) is 20.5. The molecule has 0 atom stereocenters. The SMILES string of the molecule is O=c1c2cnc(C(F)(F)F)cc2ccn1CCN1CCN(c2noc3ccccc23)CC1. The number of aromatic nitrogens is 3. The van der Waals surface area contributed by atoms with E-state index in [1.54, 1.807) is 6.20 Å². The van der Waals surface area contributed by atoms with Gasteiger partial charge in [0.05, 0.1) is 10.8 Å². The summed E-state index contributed by atoms with van der Waals surface area (Å²) in [5, 5.41) is 5.62. The molecule has 0 saturated carbocycles. The topological polar surface area (TPSA) is 67.4 Å². The van der Waals surface area contributed by atoms with Gasteiger partial charge >= 0.3 is 6.18 Å². The van der Waals surface area contributed by atoms with Crippen molar-refractivity contribution in [3.63, 3.8) is 0 Å². The second kappa shape index (κ2) is 7.94. The molecule has 4 aromatic rings. The predicted octanol–water partition coefficient (Wildman–Crippen LogP) is 3.38. The van der Waals surface area contributed by atoms with E-state index in [-0.39, 0.29) is 16.3 Å². The van der Waals surface area contributed by atoms with Crippen LogP contribution in [0.4, 0.5) is 19.0 Å². The minimum Gasteiger partial charge on any atom is -0.354 e. The Morgan fingerprint density at radius 2 is 1.78 bits per heavy atom. The third kappa shape index (κ3) is 3.81.